The molecule has 2 heteroatoms. The lowest BCUT2D eigenvalue weighted by molar-refractivity contribution is 0.250. The lowest BCUT2D eigenvalue weighted by Gasteiger charge is -2.12. The highest BCUT2D eigenvalue weighted by Crippen LogP contribution is 2.18. The highest BCUT2D eigenvalue weighted by molar-refractivity contribution is 6.12. The summed E-state index contributed by atoms with van der Waals surface area (Å²) in [5.41, 5.74) is 2.72. The molecule has 0 bridgehead atoms. The van der Waals surface area contributed by atoms with E-state index >= 15 is 0 Å². The van der Waals surface area contributed by atoms with Crippen LogP contribution < -0.4 is 0 Å². The first-order valence-corrected chi connectivity index (χ1v) is 7.00. The molecule has 0 atom stereocenters. The van der Waals surface area contributed by atoms with E-state index in [2.05, 4.69) is 6.58 Å². The van der Waals surface area contributed by atoms with Gasteiger partial charge in [0.25, 0.3) is 0 Å². The van der Waals surface area contributed by atoms with Gasteiger partial charge in [-0.3, -0.25) is 0 Å². The fourth-order valence-electron chi connectivity index (χ4n) is 1.95. The standard InChI is InChI=1S/C19H19NO/c1-3-11-18(21-4-2)19(16-12-7-5-8-13-16)20-17-14-9-6-10-15-17/h3,5-15H,1,4H2,2H3/b18-11+,20-19?. The summed E-state index contributed by atoms with van der Waals surface area (Å²) in [6.07, 6.45) is 3.56. The predicted molar refractivity (Wildman–Crippen MR) is 89.0 cm³/mol. The van der Waals surface area contributed by atoms with Gasteiger partial charge in [-0.2, -0.15) is 0 Å². The lowest BCUT2D eigenvalue weighted by atomic mass is 10.1. The van der Waals surface area contributed by atoms with Crippen LogP contribution in [-0.2, 0) is 4.74 Å². The van der Waals surface area contributed by atoms with E-state index in [9.17, 15) is 0 Å². The van der Waals surface area contributed by atoms with Crippen molar-refractivity contribution in [3.8, 4) is 0 Å². The normalized spacial score (nSPS) is 12.0. The summed E-state index contributed by atoms with van der Waals surface area (Å²) >= 11 is 0. The fraction of sp³-hybridized carbons (Fsp3) is 0.105. The quantitative estimate of drug-likeness (QED) is 0.417. The van der Waals surface area contributed by atoms with Crippen molar-refractivity contribution in [3.05, 3.63) is 90.7 Å². The third-order valence-corrected chi connectivity index (χ3v) is 2.85. The van der Waals surface area contributed by atoms with Crippen LogP contribution in [0, 0.1) is 0 Å². The molecule has 2 rings (SSSR count). The van der Waals surface area contributed by atoms with Gasteiger partial charge < -0.3 is 4.74 Å². The SMILES string of the molecule is C=C/C=C(/OCC)C(=Nc1ccccc1)c1ccccc1. The van der Waals surface area contributed by atoms with Gasteiger partial charge in [0.15, 0.2) is 0 Å². The molecule has 0 saturated heterocycles. The number of benzene rings is 2. The number of hydrogen-bond donors (Lipinski definition) is 0. The van der Waals surface area contributed by atoms with Crippen molar-refractivity contribution >= 4 is 11.4 Å². The Bertz CT molecular complexity index is 627. The third-order valence-electron chi connectivity index (χ3n) is 2.85. The first-order chi connectivity index (χ1) is 10.3. The van der Waals surface area contributed by atoms with Gasteiger partial charge in [-0.25, -0.2) is 4.99 Å². The van der Waals surface area contributed by atoms with E-state index in [4.69, 9.17) is 9.73 Å². The molecular formula is C19H19NO. The molecule has 0 spiro atoms. The molecule has 21 heavy (non-hydrogen) atoms. The molecule has 2 nitrogen and oxygen atoms in total. The Morgan fingerprint density at radius 3 is 2.24 bits per heavy atom. The number of ether oxygens (including phenoxy) is 1. The van der Waals surface area contributed by atoms with Gasteiger partial charge in [-0.1, -0.05) is 61.2 Å². The second-order valence-corrected chi connectivity index (χ2v) is 4.36. The molecule has 0 heterocycles. The minimum atomic E-state index is 0.584. The van der Waals surface area contributed by atoms with E-state index in [1.54, 1.807) is 6.08 Å². The Balaban J connectivity index is 2.51. The Morgan fingerprint density at radius 1 is 1.05 bits per heavy atom. The summed E-state index contributed by atoms with van der Waals surface area (Å²) in [6.45, 7) is 6.30. The average molecular weight is 277 g/mol. The van der Waals surface area contributed by atoms with Crippen LogP contribution in [0.4, 0.5) is 5.69 Å². The molecule has 106 valence electrons. The van der Waals surface area contributed by atoms with Gasteiger partial charge in [0.1, 0.15) is 11.5 Å². The minimum Gasteiger partial charge on any atom is -0.492 e. The van der Waals surface area contributed by atoms with E-state index in [-0.39, 0.29) is 0 Å². The molecule has 2 aromatic rings. The van der Waals surface area contributed by atoms with E-state index in [1.165, 1.54) is 0 Å². The van der Waals surface area contributed by atoms with Gasteiger partial charge in [-0.15, -0.1) is 0 Å². The summed E-state index contributed by atoms with van der Waals surface area (Å²) in [4.78, 5) is 4.74. The second kappa shape index (κ2) is 7.85. The van der Waals surface area contributed by atoms with Crippen LogP contribution in [0.15, 0.2) is 90.1 Å². The maximum atomic E-state index is 5.73. The van der Waals surface area contributed by atoms with Gasteiger partial charge >= 0.3 is 0 Å². The maximum absolute atomic E-state index is 5.73. The Hall–Kier alpha value is -2.61. The smallest absolute Gasteiger partial charge is 0.145 e. The largest absolute Gasteiger partial charge is 0.492 e. The fourth-order valence-corrected chi connectivity index (χ4v) is 1.95. The van der Waals surface area contributed by atoms with E-state index < -0.39 is 0 Å². The molecule has 0 saturated carbocycles. The van der Waals surface area contributed by atoms with Gasteiger partial charge in [0.2, 0.25) is 0 Å². The van der Waals surface area contributed by atoms with Crippen molar-refractivity contribution in [2.75, 3.05) is 6.61 Å². The third kappa shape index (κ3) is 4.18. The topological polar surface area (TPSA) is 21.6 Å². The highest BCUT2D eigenvalue weighted by Gasteiger charge is 2.10. The van der Waals surface area contributed by atoms with Crippen LogP contribution in [-0.4, -0.2) is 12.3 Å². The number of para-hydroxylation sites is 1. The number of allylic oxidation sites excluding steroid dienone is 3. The zero-order valence-electron chi connectivity index (χ0n) is 12.2. The minimum absolute atomic E-state index is 0.584. The zero-order valence-corrected chi connectivity index (χ0v) is 12.2. The predicted octanol–water partition coefficient (Wildman–Crippen LogP) is 4.91. The molecular weight excluding hydrogens is 258 g/mol. The van der Waals surface area contributed by atoms with Crippen molar-refractivity contribution in [2.24, 2.45) is 4.99 Å². The first kappa shape index (κ1) is 14.8. The lowest BCUT2D eigenvalue weighted by Crippen LogP contribution is -2.08. The number of aliphatic imine (C=N–C) groups is 1. The van der Waals surface area contributed by atoms with Crippen LogP contribution in [0.2, 0.25) is 0 Å². The second-order valence-electron chi connectivity index (χ2n) is 4.36. The molecule has 0 aromatic heterocycles. The molecule has 0 fully saturated rings. The highest BCUT2D eigenvalue weighted by atomic mass is 16.5. The molecule has 0 radical (unpaired) electrons. The van der Waals surface area contributed by atoms with Gasteiger partial charge in [-0.05, 0) is 25.1 Å². The summed E-state index contributed by atoms with van der Waals surface area (Å²) in [5, 5.41) is 0. The van der Waals surface area contributed by atoms with Gasteiger partial charge in [0, 0.05) is 5.56 Å². The molecule has 0 aliphatic heterocycles. The number of hydrogen-bond acceptors (Lipinski definition) is 2. The van der Waals surface area contributed by atoms with Crippen LogP contribution in [0.3, 0.4) is 0 Å². The van der Waals surface area contributed by atoms with Crippen molar-refractivity contribution in [1.82, 2.24) is 0 Å². The zero-order chi connectivity index (χ0) is 14.9. The first-order valence-electron chi connectivity index (χ1n) is 7.00. The summed E-state index contributed by atoms with van der Waals surface area (Å²) in [5.74, 6) is 0.725. The van der Waals surface area contributed by atoms with Crippen molar-refractivity contribution in [2.45, 2.75) is 6.92 Å². The monoisotopic (exact) mass is 277 g/mol. The molecule has 0 aliphatic rings. The molecule has 2 aromatic carbocycles. The summed E-state index contributed by atoms with van der Waals surface area (Å²) < 4.78 is 5.73. The van der Waals surface area contributed by atoms with E-state index in [1.807, 2.05) is 73.7 Å². The number of nitrogens with zero attached hydrogens (tertiary/aromatic N) is 1. The van der Waals surface area contributed by atoms with Crippen LogP contribution in [0.5, 0.6) is 0 Å². The number of rotatable bonds is 6. The maximum Gasteiger partial charge on any atom is 0.145 e. The molecule has 0 aliphatic carbocycles. The Labute approximate surface area is 126 Å². The molecule has 0 N–H and O–H groups in total. The van der Waals surface area contributed by atoms with E-state index in [0.717, 1.165) is 22.7 Å². The molecule has 0 amide bonds. The van der Waals surface area contributed by atoms with Crippen molar-refractivity contribution in [3.63, 3.8) is 0 Å². The van der Waals surface area contributed by atoms with Crippen LogP contribution in [0.25, 0.3) is 0 Å². The van der Waals surface area contributed by atoms with Crippen molar-refractivity contribution < 1.29 is 4.74 Å². The van der Waals surface area contributed by atoms with Crippen molar-refractivity contribution in [1.29, 1.82) is 0 Å². The van der Waals surface area contributed by atoms with Gasteiger partial charge in [0.05, 0.1) is 12.3 Å². The van der Waals surface area contributed by atoms with Crippen LogP contribution in [0.1, 0.15) is 12.5 Å². The summed E-state index contributed by atoms with van der Waals surface area (Å²) in [6, 6.07) is 19.9. The van der Waals surface area contributed by atoms with E-state index in [0.29, 0.717) is 6.61 Å². The Kier molecular flexibility index (Phi) is 5.53. The molecule has 0 unspecified atom stereocenters. The Morgan fingerprint density at radius 2 is 1.67 bits per heavy atom. The average Bonchev–Trinajstić information content (AvgIpc) is 2.54. The van der Waals surface area contributed by atoms with Crippen LogP contribution >= 0.6 is 0 Å². The summed E-state index contributed by atoms with van der Waals surface area (Å²) in [7, 11) is 0.